The molecular weight excluding hydrogens is 640 g/mol. The first-order chi connectivity index (χ1) is 21.3. The Hall–Kier alpha value is -4.46. The van der Waals surface area contributed by atoms with Gasteiger partial charge in [-0.1, -0.05) is 53.8 Å². The Bertz CT molecular complexity index is 1990. The Morgan fingerprint density at radius 3 is 2.55 bits per heavy atom. The summed E-state index contributed by atoms with van der Waals surface area (Å²) in [5.41, 5.74) is 3.66. The minimum atomic E-state index is -0.698. The van der Waals surface area contributed by atoms with Gasteiger partial charge in [-0.2, -0.15) is 5.26 Å². The number of methoxy groups -OCH3 is 1. The van der Waals surface area contributed by atoms with Crippen LogP contribution in [-0.2, 0) is 11.4 Å². The number of fused-ring (bicyclic) bond motifs is 1. The number of nitrogens with zero attached hydrogens (tertiary/aromatic N) is 4. The molecule has 0 spiro atoms. The van der Waals surface area contributed by atoms with Gasteiger partial charge in [0.25, 0.3) is 11.5 Å². The molecule has 1 aliphatic heterocycles. The SMILES string of the molecule is CCN(CC)C(=O)C1=C(C)N=c2s/c(=C/c3ccc(OCc4ccccc4C#N)c(Br)c3)c(=O)n2[C@H]1c1ccccc1OC. The van der Waals surface area contributed by atoms with Crippen molar-refractivity contribution in [1.82, 2.24) is 9.47 Å². The lowest BCUT2D eigenvalue weighted by atomic mass is 9.94. The third kappa shape index (κ3) is 5.98. The monoisotopic (exact) mass is 670 g/mol. The van der Waals surface area contributed by atoms with E-state index < -0.39 is 6.04 Å². The maximum Gasteiger partial charge on any atom is 0.271 e. The van der Waals surface area contributed by atoms with Crippen molar-refractivity contribution in [2.75, 3.05) is 20.2 Å². The topological polar surface area (TPSA) is 96.9 Å². The molecule has 3 aromatic carbocycles. The Labute approximate surface area is 267 Å². The largest absolute Gasteiger partial charge is 0.496 e. The van der Waals surface area contributed by atoms with E-state index in [0.29, 0.717) is 55.2 Å². The fourth-order valence-corrected chi connectivity index (χ4v) is 6.81. The van der Waals surface area contributed by atoms with Gasteiger partial charge in [0.15, 0.2) is 4.80 Å². The molecule has 1 aromatic heterocycles. The number of likely N-dealkylation sites (N-methyl/N-ethyl adjacent to an activating group) is 1. The number of carbonyl (C=O) groups excluding carboxylic acids is 1. The van der Waals surface area contributed by atoms with E-state index in [0.717, 1.165) is 16.7 Å². The molecule has 4 aromatic rings. The van der Waals surface area contributed by atoms with Crippen LogP contribution in [0.15, 0.2) is 92.3 Å². The number of amides is 1. The van der Waals surface area contributed by atoms with Crippen LogP contribution >= 0.6 is 27.3 Å². The lowest BCUT2D eigenvalue weighted by Crippen LogP contribution is -2.43. The van der Waals surface area contributed by atoms with E-state index in [1.165, 1.54) is 11.3 Å². The number of para-hydroxylation sites is 1. The van der Waals surface area contributed by atoms with Gasteiger partial charge in [-0.3, -0.25) is 14.2 Å². The van der Waals surface area contributed by atoms with Crippen LogP contribution < -0.4 is 24.4 Å². The lowest BCUT2D eigenvalue weighted by Gasteiger charge is -2.29. The molecule has 1 aliphatic rings. The number of hydrogen-bond acceptors (Lipinski definition) is 7. The number of aromatic nitrogens is 1. The van der Waals surface area contributed by atoms with Crippen LogP contribution in [0.25, 0.3) is 6.08 Å². The van der Waals surface area contributed by atoms with Crippen molar-refractivity contribution in [3.8, 4) is 17.6 Å². The maximum atomic E-state index is 14.1. The fraction of sp³-hybridized carbons (Fsp3) is 0.235. The highest BCUT2D eigenvalue weighted by atomic mass is 79.9. The number of carbonyl (C=O) groups is 1. The Morgan fingerprint density at radius 2 is 1.84 bits per heavy atom. The third-order valence-electron chi connectivity index (χ3n) is 7.51. The number of nitriles is 1. The van der Waals surface area contributed by atoms with Crippen LogP contribution in [-0.4, -0.2) is 35.6 Å². The van der Waals surface area contributed by atoms with Crippen molar-refractivity contribution < 1.29 is 14.3 Å². The summed E-state index contributed by atoms with van der Waals surface area (Å²) in [5, 5.41) is 9.36. The van der Waals surface area contributed by atoms with Crippen molar-refractivity contribution in [3.05, 3.63) is 124 Å². The smallest absolute Gasteiger partial charge is 0.271 e. The first-order valence-corrected chi connectivity index (χ1v) is 15.8. The fourth-order valence-electron chi connectivity index (χ4n) is 5.25. The minimum Gasteiger partial charge on any atom is -0.496 e. The summed E-state index contributed by atoms with van der Waals surface area (Å²) in [4.78, 5) is 34.9. The Balaban J connectivity index is 1.56. The summed E-state index contributed by atoms with van der Waals surface area (Å²) in [5.74, 6) is 1.05. The second-order valence-electron chi connectivity index (χ2n) is 10.0. The van der Waals surface area contributed by atoms with Gasteiger partial charge in [0, 0.05) is 24.2 Å². The molecule has 10 heteroatoms. The maximum absolute atomic E-state index is 14.1. The summed E-state index contributed by atoms with van der Waals surface area (Å²) < 4.78 is 14.5. The number of thiazole rings is 1. The van der Waals surface area contributed by atoms with Crippen LogP contribution in [0.5, 0.6) is 11.5 Å². The minimum absolute atomic E-state index is 0.154. The van der Waals surface area contributed by atoms with E-state index >= 15 is 0 Å². The number of ether oxygens (including phenoxy) is 2. The van der Waals surface area contributed by atoms with Gasteiger partial charge >= 0.3 is 0 Å². The van der Waals surface area contributed by atoms with Gasteiger partial charge < -0.3 is 14.4 Å². The van der Waals surface area contributed by atoms with Crippen molar-refractivity contribution in [1.29, 1.82) is 5.26 Å². The highest BCUT2D eigenvalue weighted by Gasteiger charge is 2.35. The molecular formula is C34H31BrN4O4S. The van der Waals surface area contributed by atoms with E-state index in [1.54, 1.807) is 22.6 Å². The first kappa shape index (κ1) is 31.0. The molecule has 0 N–H and O–H groups in total. The van der Waals surface area contributed by atoms with E-state index in [2.05, 4.69) is 22.0 Å². The molecule has 224 valence electrons. The van der Waals surface area contributed by atoms with Crippen molar-refractivity contribution in [2.45, 2.75) is 33.4 Å². The molecule has 44 heavy (non-hydrogen) atoms. The average molecular weight is 672 g/mol. The molecule has 8 nitrogen and oxygen atoms in total. The zero-order valence-corrected chi connectivity index (χ0v) is 27.2. The molecule has 0 fully saturated rings. The molecule has 0 bridgehead atoms. The molecule has 2 heterocycles. The average Bonchev–Trinajstić information content (AvgIpc) is 3.34. The molecule has 0 aliphatic carbocycles. The molecule has 5 rings (SSSR count). The summed E-state index contributed by atoms with van der Waals surface area (Å²) >= 11 is 4.87. The standard InChI is InChI=1S/C34H31BrN4O4S/c1-5-38(6-2)33(41)30-21(3)37-34-39(31(30)25-13-9-10-14-27(25)42-4)32(40)29(44-34)18-22-15-16-28(26(35)17-22)43-20-24-12-8-7-11-23(24)19-36/h7-18,31H,5-6,20H2,1-4H3/b29-18+/t31-/m0/s1. The van der Waals surface area contributed by atoms with Gasteiger partial charge in [0.1, 0.15) is 24.1 Å². The molecule has 1 atom stereocenters. The van der Waals surface area contributed by atoms with Crippen molar-refractivity contribution in [3.63, 3.8) is 0 Å². The molecule has 0 unspecified atom stereocenters. The summed E-state index contributed by atoms with van der Waals surface area (Å²) in [6, 6.07) is 21.8. The molecule has 0 radical (unpaired) electrons. The number of rotatable bonds is 9. The first-order valence-electron chi connectivity index (χ1n) is 14.2. The van der Waals surface area contributed by atoms with Gasteiger partial charge in [0.05, 0.1) is 39.0 Å². The predicted octanol–water partition coefficient (Wildman–Crippen LogP) is 5.33. The van der Waals surface area contributed by atoms with Crippen LogP contribution in [0.3, 0.4) is 0 Å². The number of allylic oxidation sites excluding steroid dienone is 1. The van der Waals surface area contributed by atoms with Crippen LogP contribution in [0.2, 0.25) is 0 Å². The van der Waals surface area contributed by atoms with Gasteiger partial charge in [-0.05, 0) is 72.6 Å². The van der Waals surface area contributed by atoms with E-state index in [4.69, 9.17) is 14.5 Å². The van der Waals surface area contributed by atoms with Crippen molar-refractivity contribution >= 4 is 39.2 Å². The summed E-state index contributed by atoms with van der Waals surface area (Å²) in [6.07, 6.45) is 1.81. The Kier molecular flexibility index (Phi) is 9.47. The molecule has 0 saturated carbocycles. The van der Waals surface area contributed by atoms with Crippen molar-refractivity contribution in [2.24, 2.45) is 4.99 Å². The second-order valence-corrected chi connectivity index (χ2v) is 11.9. The zero-order chi connectivity index (χ0) is 31.4. The summed E-state index contributed by atoms with van der Waals surface area (Å²) in [6.45, 7) is 7.01. The van der Waals surface area contributed by atoms with E-state index in [1.807, 2.05) is 87.5 Å². The highest BCUT2D eigenvalue weighted by molar-refractivity contribution is 9.10. The number of halogens is 1. The Morgan fingerprint density at radius 1 is 1.11 bits per heavy atom. The van der Waals surface area contributed by atoms with E-state index in [9.17, 15) is 14.9 Å². The molecule has 0 saturated heterocycles. The number of hydrogen-bond donors (Lipinski definition) is 0. The zero-order valence-electron chi connectivity index (χ0n) is 24.8. The number of benzene rings is 3. The van der Waals surface area contributed by atoms with Crippen LogP contribution in [0.4, 0.5) is 0 Å². The highest BCUT2D eigenvalue weighted by Crippen LogP contribution is 2.36. The predicted molar refractivity (Wildman–Crippen MR) is 174 cm³/mol. The molecule has 1 amide bonds. The third-order valence-corrected chi connectivity index (χ3v) is 9.11. The summed E-state index contributed by atoms with van der Waals surface area (Å²) in [7, 11) is 1.58. The van der Waals surface area contributed by atoms with E-state index in [-0.39, 0.29) is 18.1 Å². The van der Waals surface area contributed by atoms with Gasteiger partial charge in [-0.15, -0.1) is 0 Å². The second kappa shape index (κ2) is 13.5. The normalized spacial score (nSPS) is 14.5. The van der Waals surface area contributed by atoms with Gasteiger partial charge in [-0.25, -0.2) is 4.99 Å². The van der Waals surface area contributed by atoms with Crippen LogP contribution in [0, 0.1) is 11.3 Å². The van der Waals surface area contributed by atoms with Gasteiger partial charge in [0.2, 0.25) is 0 Å². The lowest BCUT2D eigenvalue weighted by molar-refractivity contribution is -0.127. The quantitative estimate of drug-likeness (QED) is 0.240. The van der Waals surface area contributed by atoms with Crippen LogP contribution in [0.1, 0.15) is 49.1 Å².